The molecule has 1 atom stereocenters. The Morgan fingerprint density at radius 1 is 1.31 bits per heavy atom. The minimum atomic E-state index is -4.44. The fourth-order valence-electron chi connectivity index (χ4n) is 1.28. The molecule has 0 aliphatic carbocycles. The van der Waals surface area contributed by atoms with Gasteiger partial charge in [0.05, 0.1) is 0 Å². The molecule has 0 bridgehead atoms. The van der Waals surface area contributed by atoms with Gasteiger partial charge in [0.25, 0.3) is 0 Å². The van der Waals surface area contributed by atoms with E-state index in [0.717, 1.165) is 13.8 Å². The lowest BCUT2D eigenvalue weighted by molar-refractivity contribution is -0.218. The second-order valence-corrected chi connectivity index (χ2v) is 3.98. The molecule has 0 aromatic rings. The van der Waals surface area contributed by atoms with Crippen LogP contribution in [0.25, 0.3) is 0 Å². The number of rotatable bonds is 3. The minimum Gasteiger partial charge on any atom is -0.299 e. The highest BCUT2D eigenvalue weighted by molar-refractivity contribution is 5.82. The summed E-state index contributed by atoms with van der Waals surface area (Å²) in [5.74, 6) is -0.954. The fourth-order valence-corrected chi connectivity index (χ4v) is 1.28. The van der Waals surface area contributed by atoms with Crippen LogP contribution in [0.3, 0.4) is 0 Å². The maximum absolute atomic E-state index is 12.5. The van der Waals surface area contributed by atoms with E-state index in [1.165, 1.54) is 0 Å². The highest BCUT2D eigenvalue weighted by Gasteiger charge is 2.54. The summed E-state index contributed by atoms with van der Waals surface area (Å²) in [5, 5.41) is 0. The first-order valence-corrected chi connectivity index (χ1v) is 4.19. The molecule has 0 aliphatic heterocycles. The summed E-state index contributed by atoms with van der Waals surface area (Å²) in [5.41, 5.74) is -2.18. The van der Waals surface area contributed by atoms with Crippen molar-refractivity contribution < 1.29 is 18.0 Å². The summed E-state index contributed by atoms with van der Waals surface area (Å²) >= 11 is 0. The number of carbonyl (C=O) groups is 1. The van der Waals surface area contributed by atoms with E-state index in [4.69, 9.17) is 0 Å². The van der Waals surface area contributed by atoms with Gasteiger partial charge in [-0.25, -0.2) is 0 Å². The van der Waals surface area contributed by atoms with E-state index >= 15 is 0 Å². The maximum atomic E-state index is 12.5. The van der Waals surface area contributed by atoms with Crippen LogP contribution in [0, 0.1) is 11.3 Å². The smallest absolute Gasteiger partial charge is 0.299 e. The van der Waals surface area contributed by atoms with Crippen LogP contribution in [0.15, 0.2) is 0 Å². The second-order valence-electron chi connectivity index (χ2n) is 3.98. The molecule has 0 fully saturated rings. The lowest BCUT2D eigenvalue weighted by Crippen LogP contribution is -2.42. The highest BCUT2D eigenvalue weighted by Crippen LogP contribution is 2.43. The van der Waals surface area contributed by atoms with Gasteiger partial charge in [-0.15, -0.1) is 0 Å². The van der Waals surface area contributed by atoms with Crippen LogP contribution in [0.5, 0.6) is 0 Å². The van der Waals surface area contributed by atoms with E-state index in [9.17, 15) is 18.0 Å². The first-order valence-electron chi connectivity index (χ1n) is 4.19. The summed E-state index contributed by atoms with van der Waals surface area (Å²) in [7, 11) is 0. The molecule has 0 spiro atoms. The van der Waals surface area contributed by atoms with Crippen molar-refractivity contribution in [2.24, 2.45) is 11.3 Å². The molecule has 0 rings (SSSR count). The van der Waals surface area contributed by atoms with Gasteiger partial charge in [0.15, 0.2) is 0 Å². The number of halogens is 3. The van der Waals surface area contributed by atoms with Crippen LogP contribution in [0.1, 0.15) is 34.1 Å². The van der Waals surface area contributed by atoms with Crippen molar-refractivity contribution in [1.82, 2.24) is 0 Å². The van der Waals surface area contributed by atoms with Gasteiger partial charge in [0.2, 0.25) is 0 Å². The molecule has 0 saturated heterocycles. The Hall–Kier alpha value is -0.540. The average molecular weight is 196 g/mol. The third-order valence-electron chi connectivity index (χ3n) is 2.22. The Morgan fingerprint density at radius 3 is 1.77 bits per heavy atom. The number of alkyl halides is 3. The van der Waals surface area contributed by atoms with Gasteiger partial charge in [-0.3, -0.25) is 4.79 Å². The molecule has 0 aromatic carbocycles. The Bertz CT molecular complexity index is 196. The van der Waals surface area contributed by atoms with Crippen molar-refractivity contribution in [3.63, 3.8) is 0 Å². The first kappa shape index (κ1) is 12.5. The number of Topliss-reactive ketones (excluding diaryl/α,β-unsaturated/α-hetero) is 1. The topological polar surface area (TPSA) is 17.1 Å². The molecule has 1 nitrogen and oxygen atoms in total. The molecular formula is C9H15F3O. The lowest BCUT2D eigenvalue weighted by Gasteiger charge is -2.30. The summed E-state index contributed by atoms with van der Waals surface area (Å²) in [6.07, 6.45) is -4.59. The molecule has 0 aliphatic rings. The van der Waals surface area contributed by atoms with E-state index in [2.05, 4.69) is 0 Å². The summed E-state index contributed by atoms with van der Waals surface area (Å²) in [4.78, 5) is 10.9. The second kappa shape index (κ2) is 3.68. The number of hydrogen-bond acceptors (Lipinski definition) is 1. The van der Waals surface area contributed by atoms with Crippen molar-refractivity contribution in [1.29, 1.82) is 0 Å². The third-order valence-corrected chi connectivity index (χ3v) is 2.22. The van der Waals surface area contributed by atoms with Crippen molar-refractivity contribution >= 4 is 5.78 Å². The SMILES string of the molecule is CC(=O)C(C)(CC(C)C)C(F)(F)F. The van der Waals surface area contributed by atoms with E-state index in [1.807, 2.05) is 0 Å². The lowest BCUT2D eigenvalue weighted by atomic mass is 9.78. The predicted octanol–water partition coefficient (Wildman–Crippen LogP) is 3.19. The van der Waals surface area contributed by atoms with Crippen LogP contribution in [0.2, 0.25) is 0 Å². The van der Waals surface area contributed by atoms with Crippen LogP contribution in [-0.4, -0.2) is 12.0 Å². The molecule has 1 unspecified atom stereocenters. The van der Waals surface area contributed by atoms with Crippen LogP contribution in [0.4, 0.5) is 13.2 Å². The van der Waals surface area contributed by atoms with Gasteiger partial charge in [0.1, 0.15) is 11.2 Å². The Labute approximate surface area is 76.3 Å². The highest BCUT2D eigenvalue weighted by atomic mass is 19.4. The minimum absolute atomic E-state index is 0.143. The molecule has 0 N–H and O–H groups in total. The van der Waals surface area contributed by atoms with E-state index < -0.39 is 17.4 Å². The predicted molar refractivity (Wildman–Crippen MR) is 44.3 cm³/mol. The normalized spacial score (nSPS) is 17.2. The molecule has 0 amide bonds. The van der Waals surface area contributed by atoms with E-state index in [0.29, 0.717) is 0 Å². The molecule has 0 radical (unpaired) electrons. The zero-order valence-corrected chi connectivity index (χ0v) is 8.33. The van der Waals surface area contributed by atoms with Gasteiger partial charge in [-0.1, -0.05) is 13.8 Å². The maximum Gasteiger partial charge on any atom is 0.401 e. The van der Waals surface area contributed by atoms with Gasteiger partial charge >= 0.3 is 6.18 Å². The third kappa shape index (κ3) is 2.71. The standard InChI is InChI=1S/C9H15F3O/c1-6(2)5-8(4,7(3)13)9(10,11)12/h6H,5H2,1-4H3. The molecule has 78 valence electrons. The van der Waals surface area contributed by atoms with Crippen LogP contribution < -0.4 is 0 Å². The van der Waals surface area contributed by atoms with E-state index in [1.54, 1.807) is 13.8 Å². The Morgan fingerprint density at radius 2 is 1.69 bits per heavy atom. The summed E-state index contributed by atoms with van der Waals surface area (Å²) < 4.78 is 37.5. The number of hydrogen-bond donors (Lipinski definition) is 0. The van der Waals surface area contributed by atoms with Crippen molar-refractivity contribution in [3.05, 3.63) is 0 Å². The van der Waals surface area contributed by atoms with E-state index in [-0.39, 0.29) is 12.3 Å². The molecule has 0 saturated carbocycles. The number of carbonyl (C=O) groups excluding carboxylic acids is 1. The van der Waals surface area contributed by atoms with Crippen molar-refractivity contribution in [2.45, 2.75) is 40.3 Å². The zero-order chi connectivity index (χ0) is 10.9. The Kier molecular flexibility index (Phi) is 3.53. The average Bonchev–Trinajstić information content (AvgIpc) is 1.82. The summed E-state index contributed by atoms with van der Waals surface area (Å²) in [6.45, 7) is 5.31. The number of ketones is 1. The molecule has 0 heterocycles. The first-order chi connectivity index (χ1) is 5.61. The zero-order valence-electron chi connectivity index (χ0n) is 8.33. The molecule has 4 heteroatoms. The molecule has 0 aromatic heterocycles. The Balaban J connectivity index is 4.85. The van der Waals surface area contributed by atoms with Gasteiger partial charge < -0.3 is 0 Å². The largest absolute Gasteiger partial charge is 0.401 e. The quantitative estimate of drug-likeness (QED) is 0.677. The van der Waals surface area contributed by atoms with Crippen LogP contribution >= 0.6 is 0 Å². The monoisotopic (exact) mass is 196 g/mol. The van der Waals surface area contributed by atoms with Crippen LogP contribution in [-0.2, 0) is 4.79 Å². The van der Waals surface area contributed by atoms with Gasteiger partial charge in [-0.05, 0) is 26.2 Å². The van der Waals surface area contributed by atoms with Gasteiger partial charge in [-0.2, -0.15) is 13.2 Å². The van der Waals surface area contributed by atoms with Crippen molar-refractivity contribution in [2.75, 3.05) is 0 Å². The van der Waals surface area contributed by atoms with Gasteiger partial charge in [0, 0.05) is 0 Å². The molecule has 13 heavy (non-hydrogen) atoms. The fraction of sp³-hybridized carbons (Fsp3) is 0.889. The van der Waals surface area contributed by atoms with Crippen molar-refractivity contribution in [3.8, 4) is 0 Å². The summed E-state index contributed by atoms with van der Waals surface area (Å²) in [6, 6.07) is 0. The molecular weight excluding hydrogens is 181 g/mol.